The third kappa shape index (κ3) is 1.79. The van der Waals surface area contributed by atoms with E-state index in [2.05, 4.69) is 16.3 Å². The fraction of sp³-hybridized carbons (Fsp3) is 0. The maximum absolute atomic E-state index is 5.88. The van der Waals surface area contributed by atoms with Gasteiger partial charge in [-0.2, -0.15) is 5.10 Å². The number of hydrogen-bond donors (Lipinski definition) is 0. The third-order valence-corrected chi connectivity index (χ3v) is 2.95. The van der Waals surface area contributed by atoms with Gasteiger partial charge in [0.25, 0.3) is 0 Å². The molecule has 0 unspecified atom stereocenters. The minimum absolute atomic E-state index is 0. The molecular weight excluding hydrogens is 418 g/mol. The summed E-state index contributed by atoms with van der Waals surface area (Å²) in [6, 6.07) is 9.77. The van der Waals surface area contributed by atoms with E-state index in [1.54, 1.807) is 17.1 Å². The molecule has 0 saturated carbocycles. The van der Waals surface area contributed by atoms with Crippen LogP contribution in [0.1, 0.15) is 0 Å². The van der Waals surface area contributed by atoms with E-state index < -0.39 is 0 Å². The van der Waals surface area contributed by atoms with Crippen LogP contribution >= 0.6 is 0 Å². The molecule has 4 rings (SSSR count). The number of pyridine rings is 1. The molecule has 1 aromatic carbocycles. The van der Waals surface area contributed by atoms with Crippen LogP contribution in [-0.2, 0) is 20.1 Å². The molecule has 0 atom stereocenters. The van der Waals surface area contributed by atoms with E-state index in [0.29, 0.717) is 0 Å². The van der Waals surface area contributed by atoms with Gasteiger partial charge in [-0.3, -0.25) is 4.68 Å². The van der Waals surface area contributed by atoms with E-state index in [-0.39, 0.29) is 20.1 Å². The first-order valence-corrected chi connectivity index (χ1v) is 5.61. The van der Waals surface area contributed by atoms with Crippen LogP contribution in [0.25, 0.3) is 27.6 Å². The quantitative estimate of drug-likeness (QED) is 0.440. The predicted octanol–water partition coefficient (Wildman–Crippen LogP) is 2.96. The average molecular weight is 426 g/mol. The molecule has 0 spiro atoms. The van der Waals surface area contributed by atoms with Crippen molar-refractivity contribution in [3.05, 3.63) is 55.1 Å². The van der Waals surface area contributed by atoms with Crippen LogP contribution < -0.4 is 0 Å². The fourth-order valence-corrected chi connectivity index (χ4v) is 2.13. The molecule has 95 valence electrons. The first kappa shape index (κ1) is 12.1. The zero-order chi connectivity index (χ0) is 11.9. The molecule has 0 aliphatic carbocycles. The Morgan fingerprint density at radius 1 is 1.11 bits per heavy atom. The normalized spacial score (nSPS) is 10.7. The fourth-order valence-electron chi connectivity index (χ4n) is 2.13. The summed E-state index contributed by atoms with van der Waals surface area (Å²) in [5.41, 5.74) is 2.34. The zero-order valence-electron chi connectivity index (χ0n) is 9.70. The minimum Gasteiger partial charge on any atom is -0.513 e. The number of nitrogens with zero attached hydrogens (tertiary/aromatic N) is 3. The van der Waals surface area contributed by atoms with Crippen molar-refractivity contribution in [1.29, 1.82) is 0 Å². The smallest absolute Gasteiger partial charge is 0.116 e. The summed E-state index contributed by atoms with van der Waals surface area (Å²) < 4.78 is 7.58. The van der Waals surface area contributed by atoms with Gasteiger partial charge in [0.2, 0.25) is 0 Å². The Morgan fingerprint density at radius 2 is 2.00 bits per heavy atom. The van der Waals surface area contributed by atoms with Crippen molar-refractivity contribution in [2.75, 3.05) is 0 Å². The van der Waals surface area contributed by atoms with E-state index >= 15 is 0 Å². The Labute approximate surface area is 122 Å². The number of benzene rings is 1. The Kier molecular flexibility index (Phi) is 2.93. The molecule has 0 saturated heterocycles. The minimum atomic E-state index is 0. The van der Waals surface area contributed by atoms with E-state index in [1.165, 1.54) is 0 Å². The monoisotopic (exact) mass is 427 g/mol. The molecular formula is C14H8IrN3O-. The zero-order valence-corrected chi connectivity index (χ0v) is 12.1. The van der Waals surface area contributed by atoms with Crippen LogP contribution in [0.4, 0.5) is 0 Å². The van der Waals surface area contributed by atoms with Crippen molar-refractivity contribution in [2.45, 2.75) is 0 Å². The Hall–Kier alpha value is -1.97. The van der Waals surface area contributed by atoms with Crippen molar-refractivity contribution in [3.8, 4) is 5.69 Å². The van der Waals surface area contributed by atoms with Gasteiger partial charge in [0, 0.05) is 43.6 Å². The molecule has 3 aromatic heterocycles. The number of para-hydroxylation sites is 1. The summed E-state index contributed by atoms with van der Waals surface area (Å²) in [6.45, 7) is 0. The first-order valence-electron chi connectivity index (χ1n) is 5.61. The van der Waals surface area contributed by atoms with Crippen LogP contribution in [0.3, 0.4) is 0 Å². The predicted molar refractivity (Wildman–Crippen MR) is 67.5 cm³/mol. The van der Waals surface area contributed by atoms with E-state index in [0.717, 1.165) is 27.6 Å². The van der Waals surface area contributed by atoms with E-state index in [9.17, 15) is 0 Å². The number of aromatic nitrogens is 3. The van der Waals surface area contributed by atoms with Crippen molar-refractivity contribution in [1.82, 2.24) is 14.8 Å². The largest absolute Gasteiger partial charge is 0.513 e. The van der Waals surface area contributed by atoms with Gasteiger partial charge in [0.1, 0.15) is 5.58 Å². The number of furan rings is 1. The second-order valence-electron chi connectivity index (χ2n) is 4.01. The molecule has 0 amide bonds. The molecule has 5 heteroatoms. The summed E-state index contributed by atoms with van der Waals surface area (Å²) in [5, 5.41) is 6.23. The molecule has 0 fully saturated rings. The number of fused-ring (bicyclic) bond motifs is 3. The van der Waals surface area contributed by atoms with Gasteiger partial charge >= 0.3 is 0 Å². The van der Waals surface area contributed by atoms with Gasteiger partial charge in [-0.15, -0.1) is 0 Å². The number of rotatable bonds is 1. The van der Waals surface area contributed by atoms with Crippen LogP contribution in [0, 0.1) is 6.20 Å². The van der Waals surface area contributed by atoms with Gasteiger partial charge < -0.3 is 9.40 Å². The van der Waals surface area contributed by atoms with Crippen LogP contribution in [0.2, 0.25) is 0 Å². The Bertz CT molecular complexity index is 836. The molecule has 4 aromatic rings. The Morgan fingerprint density at radius 3 is 2.84 bits per heavy atom. The molecule has 3 heterocycles. The van der Waals surface area contributed by atoms with Crippen molar-refractivity contribution in [2.24, 2.45) is 0 Å². The van der Waals surface area contributed by atoms with Crippen molar-refractivity contribution in [3.63, 3.8) is 0 Å². The molecule has 0 aliphatic heterocycles. The van der Waals surface area contributed by atoms with Gasteiger partial charge in [-0.05, 0) is 12.1 Å². The van der Waals surface area contributed by atoms with Crippen molar-refractivity contribution < 1.29 is 24.5 Å². The molecule has 19 heavy (non-hydrogen) atoms. The summed E-state index contributed by atoms with van der Waals surface area (Å²) in [7, 11) is 0. The first-order chi connectivity index (χ1) is 8.93. The Balaban J connectivity index is 0.00000110. The topological polar surface area (TPSA) is 43.9 Å². The SMILES string of the molecule is [Ir].[c-]1ncc2c(oc3ccccc32)c1-n1cccn1. The van der Waals surface area contributed by atoms with E-state index in [4.69, 9.17) is 4.42 Å². The van der Waals surface area contributed by atoms with Crippen LogP contribution in [0.5, 0.6) is 0 Å². The van der Waals surface area contributed by atoms with Gasteiger partial charge in [-0.1, -0.05) is 36.0 Å². The van der Waals surface area contributed by atoms with Gasteiger partial charge in [0.05, 0.1) is 5.58 Å². The van der Waals surface area contributed by atoms with Gasteiger partial charge in [-0.25, -0.2) is 0 Å². The maximum Gasteiger partial charge on any atom is 0.116 e. The van der Waals surface area contributed by atoms with E-state index in [1.807, 2.05) is 36.5 Å². The standard InChI is InChI=1S/C14H8N3O.Ir/c1-2-5-13-10(4-1)11-8-15-9-12(14(11)18-13)17-7-3-6-16-17;/h1-8H;/q-1;. The summed E-state index contributed by atoms with van der Waals surface area (Å²) in [6.07, 6.45) is 8.27. The third-order valence-electron chi connectivity index (χ3n) is 2.95. The van der Waals surface area contributed by atoms with Crippen LogP contribution in [0.15, 0.2) is 53.3 Å². The maximum atomic E-state index is 5.88. The second-order valence-corrected chi connectivity index (χ2v) is 4.01. The summed E-state index contributed by atoms with van der Waals surface area (Å²) in [5.74, 6) is 0. The molecule has 4 nitrogen and oxygen atoms in total. The summed E-state index contributed by atoms with van der Waals surface area (Å²) in [4.78, 5) is 4.15. The molecule has 0 N–H and O–H groups in total. The number of hydrogen-bond acceptors (Lipinski definition) is 3. The molecule has 0 aliphatic rings. The molecule has 1 radical (unpaired) electrons. The average Bonchev–Trinajstić information content (AvgIpc) is 3.05. The second kappa shape index (κ2) is 4.61. The van der Waals surface area contributed by atoms with Gasteiger partial charge in [0.15, 0.2) is 0 Å². The van der Waals surface area contributed by atoms with Crippen LogP contribution in [-0.4, -0.2) is 14.8 Å². The van der Waals surface area contributed by atoms with Crippen molar-refractivity contribution >= 4 is 21.9 Å². The summed E-state index contributed by atoms with van der Waals surface area (Å²) >= 11 is 0. The molecule has 0 bridgehead atoms.